The molecule has 0 aliphatic rings. The average molecular weight is 342 g/mol. The smallest absolute Gasteiger partial charge is 0.159 e. The highest BCUT2D eigenvalue weighted by Gasteiger charge is 2.15. The topological polar surface area (TPSA) is 46.0 Å². The van der Waals surface area contributed by atoms with Gasteiger partial charge in [0.1, 0.15) is 11.6 Å². The van der Waals surface area contributed by atoms with Gasteiger partial charge in [-0.2, -0.15) is 0 Å². The van der Waals surface area contributed by atoms with Gasteiger partial charge in [-0.05, 0) is 29.8 Å². The fourth-order valence-electron chi connectivity index (χ4n) is 2.83. The van der Waals surface area contributed by atoms with Crippen molar-refractivity contribution in [2.24, 2.45) is 0 Å². The lowest BCUT2D eigenvalue weighted by Crippen LogP contribution is -1.96. The normalized spacial score (nSPS) is 10.7. The SMILES string of the molecule is Oc1ccccc1-c1nc(-c2ccccc2)ncc1-c1ccc(F)cc1. The van der Waals surface area contributed by atoms with Crippen LogP contribution < -0.4 is 0 Å². The first-order chi connectivity index (χ1) is 12.7. The van der Waals surface area contributed by atoms with Crippen LogP contribution in [-0.4, -0.2) is 15.1 Å². The highest BCUT2D eigenvalue weighted by Crippen LogP contribution is 2.36. The number of aromatic nitrogens is 2. The lowest BCUT2D eigenvalue weighted by molar-refractivity contribution is 0.477. The van der Waals surface area contributed by atoms with E-state index in [-0.39, 0.29) is 11.6 Å². The van der Waals surface area contributed by atoms with Crippen LogP contribution in [0.25, 0.3) is 33.8 Å². The summed E-state index contributed by atoms with van der Waals surface area (Å²) in [5, 5.41) is 10.3. The van der Waals surface area contributed by atoms with Crippen LogP contribution in [0.4, 0.5) is 4.39 Å². The number of hydrogen-bond donors (Lipinski definition) is 1. The lowest BCUT2D eigenvalue weighted by Gasteiger charge is -2.12. The van der Waals surface area contributed by atoms with Gasteiger partial charge in [-0.3, -0.25) is 0 Å². The summed E-state index contributed by atoms with van der Waals surface area (Å²) >= 11 is 0. The molecule has 0 fully saturated rings. The fourth-order valence-corrected chi connectivity index (χ4v) is 2.83. The number of phenolic OH excluding ortho intramolecular Hbond substituents is 1. The molecule has 0 saturated heterocycles. The maximum atomic E-state index is 13.3. The molecule has 3 nitrogen and oxygen atoms in total. The maximum Gasteiger partial charge on any atom is 0.159 e. The summed E-state index contributed by atoms with van der Waals surface area (Å²) in [5.41, 5.74) is 3.60. The Kier molecular flexibility index (Phi) is 4.15. The molecule has 0 aliphatic carbocycles. The lowest BCUT2D eigenvalue weighted by atomic mass is 10.00. The van der Waals surface area contributed by atoms with Crippen LogP contribution >= 0.6 is 0 Å². The van der Waals surface area contributed by atoms with Crippen LogP contribution in [0.1, 0.15) is 0 Å². The van der Waals surface area contributed by atoms with Gasteiger partial charge in [0.05, 0.1) is 5.69 Å². The maximum absolute atomic E-state index is 13.3. The molecule has 4 rings (SSSR count). The Balaban J connectivity index is 1.94. The van der Waals surface area contributed by atoms with Crippen LogP contribution in [-0.2, 0) is 0 Å². The van der Waals surface area contributed by atoms with E-state index in [2.05, 4.69) is 4.98 Å². The summed E-state index contributed by atoms with van der Waals surface area (Å²) in [6.45, 7) is 0. The largest absolute Gasteiger partial charge is 0.507 e. The van der Waals surface area contributed by atoms with Crippen molar-refractivity contribution < 1.29 is 9.50 Å². The Morgan fingerprint density at radius 1 is 0.692 bits per heavy atom. The molecule has 0 radical (unpaired) electrons. The predicted octanol–water partition coefficient (Wildman–Crippen LogP) is 5.32. The molecule has 0 amide bonds. The minimum Gasteiger partial charge on any atom is -0.507 e. The quantitative estimate of drug-likeness (QED) is 0.548. The van der Waals surface area contributed by atoms with Gasteiger partial charge >= 0.3 is 0 Å². The Bertz CT molecular complexity index is 1050. The van der Waals surface area contributed by atoms with E-state index in [4.69, 9.17) is 4.98 Å². The average Bonchev–Trinajstić information content (AvgIpc) is 2.69. The number of hydrogen-bond acceptors (Lipinski definition) is 3. The van der Waals surface area contributed by atoms with Crippen molar-refractivity contribution in [3.63, 3.8) is 0 Å². The summed E-state index contributed by atoms with van der Waals surface area (Å²) in [5.74, 6) is 0.392. The number of halogens is 1. The Morgan fingerprint density at radius 2 is 1.38 bits per heavy atom. The van der Waals surface area contributed by atoms with E-state index in [1.807, 2.05) is 36.4 Å². The first-order valence-corrected chi connectivity index (χ1v) is 8.19. The van der Waals surface area contributed by atoms with Crippen molar-refractivity contribution in [3.8, 4) is 39.5 Å². The van der Waals surface area contributed by atoms with E-state index < -0.39 is 0 Å². The molecule has 0 spiro atoms. The number of nitrogens with zero attached hydrogens (tertiary/aromatic N) is 2. The second-order valence-corrected chi connectivity index (χ2v) is 5.85. The Hall–Kier alpha value is -3.53. The number of para-hydroxylation sites is 1. The van der Waals surface area contributed by atoms with Crippen LogP contribution in [0.5, 0.6) is 5.75 Å². The van der Waals surface area contributed by atoms with E-state index >= 15 is 0 Å². The second kappa shape index (κ2) is 6.76. The standard InChI is InChI=1S/C22H15FN2O/c23-17-12-10-15(11-13-17)19-14-24-22(16-6-2-1-3-7-16)25-21(19)18-8-4-5-9-20(18)26/h1-14,26H. The van der Waals surface area contributed by atoms with E-state index in [0.717, 1.165) is 16.7 Å². The molecule has 1 heterocycles. The highest BCUT2D eigenvalue weighted by molar-refractivity contribution is 5.83. The van der Waals surface area contributed by atoms with Crippen molar-refractivity contribution in [3.05, 3.63) is 90.9 Å². The molecule has 0 bridgehead atoms. The zero-order valence-corrected chi connectivity index (χ0v) is 13.8. The molecule has 26 heavy (non-hydrogen) atoms. The summed E-state index contributed by atoms with van der Waals surface area (Å²) in [6, 6.07) is 22.8. The van der Waals surface area contributed by atoms with Crippen LogP contribution in [0.2, 0.25) is 0 Å². The third-order valence-electron chi connectivity index (χ3n) is 4.14. The molecule has 4 aromatic rings. The highest BCUT2D eigenvalue weighted by atomic mass is 19.1. The minimum absolute atomic E-state index is 0.133. The van der Waals surface area contributed by atoms with Crippen molar-refractivity contribution in [1.29, 1.82) is 0 Å². The first-order valence-electron chi connectivity index (χ1n) is 8.19. The predicted molar refractivity (Wildman–Crippen MR) is 100.0 cm³/mol. The van der Waals surface area contributed by atoms with Crippen LogP contribution in [0.15, 0.2) is 85.1 Å². The number of rotatable bonds is 3. The second-order valence-electron chi connectivity index (χ2n) is 5.85. The van der Waals surface area contributed by atoms with Gasteiger partial charge in [0.15, 0.2) is 5.82 Å². The zero-order chi connectivity index (χ0) is 17.9. The van der Waals surface area contributed by atoms with Gasteiger partial charge in [0, 0.05) is 22.9 Å². The summed E-state index contributed by atoms with van der Waals surface area (Å²) in [7, 11) is 0. The van der Waals surface area contributed by atoms with Gasteiger partial charge in [-0.15, -0.1) is 0 Å². The molecule has 3 aromatic carbocycles. The van der Waals surface area contributed by atoms with Gasteiger partial charge in [0.2, 0.25) is 0 Å². The molecule has 0 saturated carbocycles. The molecule has 4 heteroatoms. The minimum atomic E-state index is -0.306. The van der Waals surface area contributed by atoms with Gasteiger partial charge < -0.3 is 5.11 Å². The molecule has 1 aromatic heterocycles. The zero-order valence-electron chi connectivity index (χ0n) is 13.8. The van der Waals surface area contributed by atoms with E-state index in [1.54, 1.807) is 36.5 Å². The third kappa shape index (κ3) is 3.05. The monoisotopic (exact) mass is 342 g/mol. The van der Waals surface area contributed by atoms with Crippen LogP contribution in [0, 0.1) is 5.82 Å². The van der Waals surface area contributed by atoms with Crippen molar-refractivity contribution in [2.75, 3.05) is 0 Å². The number of phenols is 1. The van der Waals surface area contributed by atoms with E-state index in [9.17, 15) is 9.50 Å². The first kappa shape index (κ1) is 16.0. The van der Waals surface area contributed by atoms with Crippen molar-refractivity contribution >= 4 is 0 Å². The summed E-state index contributed by atoms with van der Waals surface area (Å²) < 4.78 is 13.3. The number of benzene rings is 3. The van der Waals surface area contributed by atoms with Crippen molar-refractivity contribution in [1.82, 2.24) is 9.97 Å². The molecule has 126 valence electrons. The molecular weight excluding hydrogens is 327 g/mol. The fraction of sp³-hybridized carbons (Fsp3) is 0. The Morgan fingerprint density at radius 3 is 2.12 bits per heavy atom. The van der Waals surface area contributed by atoms with E-state index in [1.165, 1.54) is 12.1 Å². The molecule has 0 unspecified atom stereocenters. The van der Waals surface area contributed by atoms with Crippen molar-refractivity contribution in [2.45, 2.75) is 0 Å². The van der Waals surface area contributed by atoms with Crippen LogP contribution in [0.3, 0.4) is 0 Å². The third-order valence-corrected chi connectivity index (χ3v) is 4.14. The number of aromatic hydroxyl groups is 1. The summed E-state index contributed by atoms with van der Waals surface area (Å²) in [6.07, 6.45) is 1.71. The van der Waals surface area contributed by atoms with Gasteiger partial charge in [-0.1, -0.05) is 54.6 Å². The summed E-state index contributed by atoms with van der Waals surface area (Å²) in [4.78, 5) is 9.19. The van der Waals surface area contributed by atoms with Gasteiger partial charge in [0.25, 0.3) is 0 Å². The van der Waals surface area contributed by atoms with E-state index in [0.29, 0.717) is 17.1 Å². The Labute approximate surface area is 150 Å². The molecule has 0 aliphatic heterocycles. The van der Waals surface area contributed by atoms with Gasteiger partial charge in [-0.25, -0.2) is 14.4 Å². The molecular formula is C22H15FN2O. The molecule has 1 N–H and O–H groups in total. The molecule has 0 atom stereocenters.